The van der Waals surface area contributed by atoms with E-state index in [1.54, 1.807) is 0 Å². The van der Waals surface area contributed by atoms with Gasteiger partial charge in [-0.3, -0.25) is 0 Å². The highest BCUT2D eigenvalue weighted by Crippen LogP contribution is 2.45. The molecule has 0 aliphatic carbocycles. The first-order valence-corrected chi connectivity index (χ1v) is 19.4. The van der Waals surface area contributed by atoms with Gasteiger partial charge in [-0.2, -0.15) is 0 Å². The number of rotatable bonds is 13. The van der Waals surface area contributed by atoms with Crippen molar-refractivity contribution in [1.82, 2.24) is 0 Å². The molecule has 1 fully saturated rings. The lowest BCUT2D eigenvalue weighted by atomic mass is 9.98. The summed E-state index contributed by atoms with van der Waals surface area (Å²) in [7, 11) is -4.64. The number of ether oxygens (including phenoxy) is 1. The zero-order valence-corrected chi connectivity index (χ0v) is 28.5. The molecule has 0 spiro atoms. The summed E-state index contributed by atoms with van der Waals surface area (Å²) >= 11 is 0. The topological polar surface area (TPSA) is 44.8 Å². The summed E-state index contributed by atoms with van der Waals surface area (Å²) in [6.07, 6.45) is 3.92. The Labute approximate surface area is 246 Å². The lowest BCUT2D eigenvalue weighted by Crippen LogP contribution is -2.66. The largest absolute Gasteiger partial charge is 0.413 e. The molecule has 40 heavy (non-hydrogen) atoms. The fourth-order valence-corrected chi connectivity index (χ4v) is 17.6. The Hall–Kier alpha value is -1.58. The second-order valence-electron chi connectivity index (χ2n) is 13.6. The van der Waals surface area contributed by atoms with Crippen LogP contribution in [0.5, 0.6) is 0 Å². The highest BCUT2D eigenvalue weighted by Gasteiger charge is 2.51. The monoisotopic (exact) mass is 582 g/mol. The smallest absolute Gasteiger partial charge is 0.261 e. The van der Waals surface area contributed by atoms with Gasteiger partial charge in [-0.05, 0) is 51.3 Å². The van der Waals surface area contributed by atoms with Gasteiger partial charge in [0, 0.05) is 13.0 Å². The number of carbonyl (C=O) groups is 1. The van der Waals surface area contributed by atoms with E-state index in [1.165, 1.54) is 10.4 Å². The maximum Gasteiger partial charge on any atom is 0.261 e. The number of aldehydes is 1. The van der Waals surface area contributed by atoms with Gasteiger partial charge < -0.3 is 18.4 Å². The average Bonchev–Trinajstić information content (AvgIpc) is 2.89. The van der Waals surface area contributed by atoms with E-state index in [0.717, 1.165) is 25.5 Å². The molecule has 3 rings (SSSR count). The summed E-state index contributed by atoms with van der Waals surface area (Å²) in [4.78, 5) is 11.5. The van der Waals surface area contributed by atoms with Crippen molar-refractivity contribution in [3.05, 3.63) is 60.7 Å². The van der Waals surface area contributed by atoms with Crippen LogP contribution in [-0.2, 0) is 18.4 Å². The molecule has 0 amide bonds. The van der Waals surface area contributed by atoms with Crippen LogP contribution >= 0.6 is 0 Å². The lowest BCUT2D eigenvalue weighted by molar-refractivity contribution is -0.121. The number of carbonyl (C=O) groups excluding carboxylic acids is 1. The molecule has 0 bridgehead atoms. The first kappa shape index (κ1) is 32.9. The summed E-state index contributed by atoms with van der Waals surface area (Å²) < 4.78 is 20.9. The van der Waals surface area contributed by atoms with Crippen LogP contribution in [0.15, 0.2) is 60.7 Å². The van der Waals surface area contributed by atoms with Crippen molar-refractivity contribution in [3.63, 3.8) is 0 Å². The first-order valence-electron chi connectivity index (χ1n) is 15.4. The molecule has 0 aromatic heterocycles. The third-order valence-electron chi connectivity index (χ3n) is 9.05. The van der Waals surface area contributed by atoms with Gasteiger partial charge in [-0.15, -0.1) is 0 Å². The second-order valence-corrected chi connectivity index (χ2v) is 23.3. The molecule has 222 valence electrons. The van der Waals surface area contributed by atoms with E-state index in [2.05, 4.69) is 123 Å². The number of hydrogen-bond donors (Lipinski definition) is 0. The van der Waals surface area contributed by atoms with Crippen molar-refractivity contribution in [1.29, 1.82) is 0 Å². The Bertz CT molecular complexity index is 972. The maximum absolute atomic E-state index is 11.5. The number of hydrogen-bond acceptors (Lipinski definition) is 4. The van der Waals surface area contributed by atoms with Gasteiger partial charge in [0.05, 0.1) is 18.3 Å². The van der Waals surface area contributed by atoms with Crippen molar-refractivity contribution >= 4 is 33.3 Å². The van der Waals surface area contributed by atoms with Gasteiger partial charge >= 0.3 is 0 Å². The molecule has 3 atom stereocenters. The van der Waals surface area contributed by atoms with Crippen LogP contribution in [0.3, 0.4) is 0 Å². The molecule has 0 N–H and O–H groups in total. The zero-order chi connectivity index (χ0) is 29.6. The van der Waals surface area contributed by atoms with Gasteiger partial charge in [0.1, 0.15) is 6.29 Å². The molecule has 1 aliphatic heterocycles. The third-order valence-corrected chi connectivity index (χ3v) is 20.2. The summed E-state index contributed by atoms with van der Waals surface area (Å²) in [5.74, 6) is 0. The summed E-state index contributed by atoms with van der Waals surface area (Å²) in [6, 6.07) is 21.6. The highest BCUT2D eigenvalue weighted by atomic mass is 28.4. The van der Waals surface area contributed by atoms with Gasteiger partial charge in [0.2, 0.25) is 8.32 Å². The molecule has 1 aliphatic rings. The van der Waals surface area contributed by atoms with Crippen LogP contribution < -0.4 is 10.4 Å². The molecule has 2 aromatic rings. The predicted octanol–water partition coefficient (Wildman–Crippen LogP) is 7.65. The molecule has 1 heterocycles. The van der Waals surface area contributed by atoms with Crippen molar-refractivity contribution in [2.45, 2.75) is 128 Å². The Morgan fingerprint density at radius 1 is 0.825 bits per heavy atom. The van der Waals surface area contributed by atoms with Crippen LogP contribution in [0, 0.1) is 0 Å². The molecular formula is C34H54O4Si2. The van der Waals surface area contributed by atoms with Crippen LogP contribution in [-0.4, -0.2) is 47.8 Å². The van der Waals surface area contributed by atoms with E-state index < -0.39 is 16.6 Å². The quantitative estimate of drug-likeness (QED) is 0.180. The molecule has 0 saturated carbocycles. The summed E-state index contributed by atoms with van der Waals surface area (Å²) in [5.41, 5.74) is 1.57. The van der Waals surface area contributed by atoms with E-state index in [0.29, 0.717) is 29.7 Å². The minimum absolute atomic E-state index is 0.0140. The summed E-state index contributed by atoms with van der Waals surface area (Å²) in [6.45, 7) is 21.6. The highest BCUT2D eigenvalue weighted by molar-refractivity contribution is 6.99. The molecule has 0 unspecified atom stereocenters. The molecule has 4 nitrogen and oxygen atoms in total. The zero-order valence-electron chi connectivity index (χ0n) is 26.5. The Kier molecular flexibility index (Phi) is 11.6. The second kappa shape index (κ2) is 14.1. The molecule has 6 heteroatoms. The van der Waals surface area contributed by atoms with Crippen LogP contribution in [0.1, 0.15) is 88.0 Å². The Balaban J connectivity index is 1.86. The third kappa shape index (κ3) is 7.07. The normalized spacial score (nSPS) is 20.9. The minimum Gasteiger partial charge on any atom is -0.413 e. The predicted molar refractivity (Wildman–Crippen MR) is 173 cm³/mol. The SMILES string of the molecule is CC(C)[Si](O[C@H]1C[C@@H](CCO[Si](c2ccccc2)(c2ccccc2)C(C)(C)C)O[C@@H](CC=O)C1)(C(C)C)C(C)C. The van der Waals surface area contributed by atoms with E-state index in [1.807, 2.05) is 0 Å². The minimum atomic E-state index is -2.60. The summed E-state index contributed by atoms with van der Waals surface area (Å²) in [5, 5.41) is 2.52. The van der Waals surface area contributed by atoms with Crippen LogP contribution in [0.2, 0.25) is 21.7 Å². The fraction of sp³-hybridized carbons (Fsp3) is 0.618. The molecular weight excluding hydrogens is 529 g/mol. The van der Waals surface area contributed by atoms with Crippen molar-refractivity contribution < 1.29 is 18.4 Å². The first-order chi connectivity index (χ1) is 18.9. The van der Waals surface area contributed by atoms with Gasteiger partial charge in [-0.25, -0.2) is 0 Å². The maximum atomic E-state index is 11.5. The number of benzene rings is 2. The molecule has 2 aromatic carbocycles. The Morgan fingerprint density at radius 3 is 1.73 bits per heavy atom. The molecule has 1 saturated heterocycles. The van der Waals surface area contributed by atoms with Crippen molar-refractivity contribution in [3.8, 4) is 0 Å². The van der Waals surface area contributed by atoms with Gasteiger partial charge in [0.15, 0.2) is 0 Å². The van der Waals surface area contributed by atoms with Crippen molar-refractivity contribution in [2.75, 3.05) is 6.61 Å². The fourth-order valence-electron chi connectivity index (χ4n) is 7.41. The van der Waals surface area contributed by atoms with Crippen molar-refractivity contribution in [2.24, 2.45) is 0 Å². The standard InChI is InChI=1S/C34H54O4Si2/c1-26(2)39(27(3)4,28(5)6)38-31-24-29(20-22-35)37-30(25-31)21-23-36-40(34(7,8)9,32-16-12-10-13-17-32)33-18-14-11-15-19-33/h10-19,22,26-31H,20-21,23-25H2,1-9H3/t29-,30+,31+/m0/s1. The van der Waals surface area contributed by atoms with Gasteiger partial charge in [-0.1, -0.05) is 123 Å². The Morgan fingerprint density at radius 2 is 1.30 bits per heavy atom. The molecule has 0 radical (unpaired) electrons. The van der Waals surface area contributed by atoms with E-state index in [4.69, 9.17) is 13.6 Å². The van der Waals surface area contributed by atoms with E-state index in [9.17, 15) is 4.79 Å². The van der Waals surface area contributed by atoms with Crippen LogP contribution in [0.25, 0.3) is 0 Å². The van der Waals surface area contributed by atoms with E-state index >= 15 is 0 Å². The average molecular weight is 583 g/mol. The van der Waals surface area contributed by atoms with E-state index in [-0.39, 0.29) is 23.4 Å². The van der Waals surface area contributed by atoms with Gasteiger partial charge in [0.25, 0.3) is 8.32 Å². The lowest BCUT2D eigenvalue weighted by Gasteiger charge is -2.47. The van der Waals surface area contributed by atoms with Crippen LogP contribution in [0.4, 0.5) is 0 Å².